The van der Waals surface area contributed by atoms with E-state index in [0.29, 0.717) is 25.2 Å². The topological polar surface area (TPSA) is 104 Å². The molecule has 4 aliphatic carbocycles. The molecule has 0 aromatic rings. The van der Waals surface area contributed by atoms with E-state index in [0.717, 1.165) is 19.3 Å². The van der Waals surface area contributed by atoms with Crippen LogP contribution in [0.4, 0.5) is 0 Å². The van der Waals surface area contributed by atoms with Gasteiger partial charge in [-0.1, -0.05) is 0 Å². The Morgan fingerprint density at radius 3 is 1.86 bits per heavy atom. The maximum Gasteiger partial charge on any atom is 0.303 e. The van der Waals surface area contributed by atoms with Crippen molar-refractivity contribution in [3.8, 4) is 0 Å². The average Bonchev–Trinajstić information content (AvgIpc) is 2.19. The molecule has 0 radical (unpaired) electrons. The van der Waals surface area contributed by atoms with Crippen LogP contribution in [-0.2, 0) is 14.4 Å². The van der Waals surface area contributed by atoms with Crippen LogP contribution in [0, 0.1) is 16.7 Å². The first kappa shape index (κ1) is 15.3. The molecule has 4 fully saturated rings. The number of aliphatic carboxylic acids is 2. The van der Waals surface area contributed by atoms with Crippen LogP contribution in [0.25, 0.3) is 0 Å². The van der Waals surface area contributed by atoms with Crippen molar-refractivity contribution >= 4 is 17.8 Å². The molecule has 22 heavy (non-hydrogen) atoms. The van der Waals surface area contributed by atoms with E-state index in [2.05, 4.69) is 5.32 Å². The Hall–Kier alpha value is -1.59. The van der Waals surface area contributed by atoms with Gasteiger partial charge in [-0.05, 0) is 55.3 Å². The molecule has 4 aliphatic rings. The fourth-order valence-corrected chi connectivity index (χ4v) is 6.39. The minimum atomic E-state index is -0.828. The fourth-order valence-electron chi connectivity index (χ4n) is 6.39. The Labute approximate surface area is 129 Å². The van der Waals surface area contributed by atoms with Gasteiger partial charge in [0.25, 0.3) is 0 Å². The van der Waals surface area contributed by atoms with Crippen molar-refractivity contribution in [2.24, 2.45) is 16.7 Å². The van der Waals surface area contributed by atoms with Crippen molar-refractivity contribution in [3.63, 3.8) is 0 Å². The summed E-state index contributed by atoms with van der Waals surface area (Å²) in [4.78, 5) is 34.3. The fraction of sp³-hybridized carbons (Fsp3) is 0.812. The van der Waals surface area contributed by atoms with Crippen molar-refractivity contribution in [1.82, 2.24) is 5.32 Å². The molecule has 3 N–H and O–H groups in total. The summed E-state index contributed by atoms with van der Waals surface area (Å²) >= 11 is 0. The third-order valence-corrected chi connectivity index (χ3v) is 5.79. The monoisotopic (exact) mass is 309 g/mol. The minimum absolute atomic E-state index is 0.0756. The molecule has 6 heteroatoms. The van der Waals surface area contributed by atoms with Crippen molar-refractivity contribution in [1.29, 1.82) is 0 Å². The van der Waals surface area contributed by atoms with Crippen LogP contribution in [-0.4, -0.2) is 33.6 Å². The third kappa shape index (κ3) is 2.59. The van der Waals surface area contributed by atoms with Gasteiger partial charge in [0.2, 0.25) is 5.91 Å². The maximum atomic E-state index is 11.6. The number of hydrogen-bond donors (Lipinski definition) is 3. The van der Waals surface area contributed by atoms with Gasteiger partial charge in [0.1, 0.15) is 0 Å². The summed E-state index contributed by atoms with van der Waals surface area (Å²) in [6.45, 7) is 1.48. The molecule has 1 amide bonds. The molecule has 4 bridgehead atoms. The highest BCUT2D eigenvalue weighted by molar-refractivity contribution is 5.74. The van der Waals surface area contributed by atoms with Gasteiger partial charge in [0.05, 0.1) is 12.8 Å². The second-order valence-corrected chi connectivity index (χ2v) is 8.11. The predicted octanol–water partition coefficient (Wildman–Crippen LogP) is 1.78. The highest BCUT2D eigenvalue weighted by atomic mass is 16.4. The van der Waals surface area contributed by atoms with Gasteiger partial charge in [-0.15, -0.1) is 0 Å². The number of carbonyl (C=O) groups excluding carboxylic acids is 1. The highest BCUT2D eigenvalue weighted by Gasteiger charge is 2.64. The largest absolute Gasteiger partial charge is 0.481 e. The summed E-state index contributed by atoms with van der Waals surface area (Å²) < 4.78 is 0. The molecule has 0 saturated heterocycles. The lowest BCUT2D eigenvalue weighted by molar-refractivity contribution is -0.168. The van der Waals surface area contributed by atoms with Gasteiger partial charge >= 0.3 is 11.9 Å². The van der Waals surface area contributed by atoms with Gasteiger partial charge < -0.3 is 15.5 Å². The van der Waals surface area contributed by atoms with E-state index >= 15 is 0 Å². The van der Waals surface area contributed by atoms with E-state index in [-0.39, 0.29) is 29.6 Å². The first-order valence-electron chi connectivity index (χ1n) is 7.88. The van der Waals surface area contributed by atoms with Crippen LogP contribution >= 0.6 is 0 Å². The third-order valence-electron chi connectivity index (χ3n) is 5.79. The van der Waals surface area contributed by atoms with Crippen LogP contribution in [0.1, 0.15) is 58.3 Å². The van der Waals surface area contributed by atoms with E-state index in [4.69, 9.17) is 0 Å². The van der Waals surface area contributed by atoms with E-state index in [9.17, 15) is 24.6 Å². The molecule has 4 rings (SSSR count). The van der Waals surface area contributed by atoms with Crippen molar-refractivity contribution in [2.75, 3.05) is 0 Å². The van der Waals surface area contributed by atoms with E-state index in [1.165, 1.54) is 6.92 Å². The summed E-state index contributed by atoms with van der Waals surface area (Å²) in [6, 6.07) is 0. The standard InChI is InChI=1S/C16H23NO5/c1-10(18)17-16-4-11-2-14(8-16,5-12(19)20)7-15(3-11,9-16)6-13(21)22/h11H,2-9H2,1H3,(H,17,18)(H,19,20)(H,21,22). The Balaban J connectivity index is 1.97. The zero-order chi connectivity index (χ0) is 16.2. The van der Waals surface area contributed by atoms with Crippen LogP contribution < -0.4 is 5.32 Å². The second-order valence-electron chi connectivity index (χ2n) is 8.11. The van der Waals surface area contributed by atoms with Crippen molar-refractivity contribution in [3.05, 3.63) is 0 Å². The quantitative estimate of drug-likeness (QED) is 0.718. The lowest BCUT2D eigenvalue weighted by atomic mass is 9.40. The van der Waals surface area contributed by atoms with Gasteiger partial charge in [-0.25, -0.2) is 0 Å². The summed E-state index contributed by atoms with van der Waals surface area (Å²) in [6.07, 6.45) is 4.71. The number of carbonyl (C=O) groups is 3. The molecule has 6 nitrogen and oxygen atoms in total. The van der Waals surface area contributed by atoms with Gasteiger partial charge in [0.15, 0.2) is 0 Å². The molecule has 2 unspecified atom stereocenters. The lowest BCUT2D eigenvalue weighted by Gasteiger charge is -2.66. The molecular formula is C16H23NO5. The molecule has 4 saturated carbocycles. The molecule has 0 aliphatic heterocycles. The molecule has 0 aromatic heterocycles. The van der Waals surface area contributed by atoms with Crippen LogP contribution in [0.2, 0.25) is 0 Å². The van der Waals surface area contributed by atoms with Crippen LogP contribution in [0.15, 0.2) is 0 Å². The first-order chi connectivity index (χ1) is 10.2. The molecule has 0 aromatic carbocycles. The number of hydrogen-bond acceptors (Lipinski definition) is 3. The maximum absolute atomic E-state index is 11.6. The SMILES string of the molecule is CC(=O)NC12CC3CC(CC(=O)O)(CC(CC(=O)O)(C3)C1)C2. The minimum Gasteiger partial charge on any atom is -0.481 e. The smallest absolute Gasteiger partial charge is 0.303 e. The Morgan fingerprint density at radius 2 is 1.45 bits per heavy atom. The molecule has 0 spiro atoms. The molecule has 2 atom stereocenters. The average molecular weight is 309 g/mol. The predicted molar refractivity (Wildman–Crippen MR) is 77.1 cm³/mol. The number of amides is 1. The van der Waals surface area contributed by atoms with E-state index in [1.54, 1.807) is 0 Å². The second kappa shape index (κ2) is 4.70. The highest BCUT2D eigenvalue weighted by Crippen LogP contribution is 2.68. The van der Waals surface area contributed by atoms with Gasteiger partial charge in [0, 0.05) is 12.5 Å². The first-order valence-corrected chi connectivity index (χ1v) is 7.88. The Bertz CT molecular complexity index is 459. The zero-order valence-corrected chi connectivity index (χ0v) is 12.9. The van der Waals surface area contributed by atoms with Gasteiger partial charge in [-0.2, -0.15) is 0 Å². The van der Waals surface area contributed by atoms with E-state index < -0.39 is 17.5 Å². The summed E-state index contributed by atoms with van der Waals surface area (Å²) in [5.41, 5.74) is -1.12. The van der Waals surface area contributed by atoms with Crippen LogP contribution in [0.5, 0.6) is 0 Å². The summed E-state index contributed by atoms with van der Waals surface area (Å²) in [7, 11) is 0. The zero-order valence-electron chi connectivity index (χ0n) is 12.9. The number of rotatable bonds is 5. The Kier molecular flexibility index (Phi) is 3.27. The van der Waals surface area contributed by atoms with Crippen molar-refractivity contribution < 1.29 is 24.6 Å². The normalized spacial score (nSPS) is 42.1. The van der Waals surface area contributed by atoms with Gasteiger partial charge in [-0.3, -0.25) is 14.4 Å². The lowest BCUT2D eigenvalue weighted by Crippen LogP contribution is -2.66. The number of carboxylic acid groups (broad SMARTS) is 2. The molecule has 122 valence electrons. The van der Waals surface area contributed by atoms with Crippen molar-refractivity contribution in [2.45, 2.75) is 63.8 Å². The van der Waals surface area contributed by atoms with E-state index in [1.807, 2.05) is 0 Å². The molecule has 0 heterocycles. The Morgan fingerprint density at radius 1 is 0.955 bits per heavy atom. The number of nitrogens with one attached hydrogen (secondary N) is 1. The van der Waals surface area contributed by atoms with Crippen LogP contribution in [0.3, 0.4) is 0 Å². The number of carboxylic acids is 2. The summed E-state index contributed by atoms with van der Waals surface area (Å²) in [5, 5.41) is 21.7. The molecular weight excluding hydrogens is 286 g/mol. The summed E-state index contributed by atoms with van der Waals surface area (Å²) in [5.74, 6) is -1.45.